The summed E-state index contributed by atoms with van der Waals surface area (Å²) in [6, 6.07) is 6.30. The van der Waals surface area contributed by atoms with Crippen LogP contribution in [0.2, 0.25) is 0 Å². The van der Waals surface area contributed by atoms with Crippen LogP contribution in [-0.2, 0) is 9.53 Å². The first kappa shape index (κ1) is 16.4. The number of hydrogen-bond acceptors (Lipinski definition) is 4. The van der Waals surface area contributed by atoms with E-state index in [4.69, 9.17) is 4.74 Å². The van der Waals surface area contributed by atoms with Crippen LogP contribution in [0.1, 0.15) is 24.5 Å². The minimum atomic E-state index is -0.850. The molecule has 5 nitrogen and oxygen atoms in total. The highest BCUT2D eigenvalue weighted by atomic mass is 19.1. The van der Waals surface area contributed by atoms with Crippen LogP contribution >= 0.6 is 0 Å². The van der Waals surface area contributed by atoms with Crippen LogP contribution in [0.5, 0.6) is 0 Å². The monoisotopic (exact) mass is 322 g/mol. The van der Waals surface area contributed by atoms with Crippen LogP contribution in [0.4, 0.5) is 4.39 Å². The first-order valence-corrected chi connectivity index (χ1v) is 8.20. The summed E-state index contributed by atoms with van der Waals surface area (Å²) in [5.41, 5.74) is 0.324. The summed E-state index contributed by atoms with van der Waals surface area (Å²) in [5.74, 6) is -0.302. The zero-order chi connectivity index (χ0) is 16.2. The maximum Gasteiger partial charge on any atom is 0.251 e. The van der Waals surface area contributed by atoms with Gasteiger partial charge < -0.3 is 14.7 Å². The summed E-state index contributed by atoms with van der Waals surface area (Å²) in [4.78, 5) is 16.2. The molecule has 1 aromatic rings. The van der Waals surface area contributed by atoms with Crippen molar-refractivity contribution < 1.29 is 19.0 Å². The van der Waals surface area contributed by atoms with Gasteiger partial charge in [0.15, 0.2) is 0 Å². The van der Waals surface area contributed by atoms with E-state index in [2.05, 4.69) is 4.90 Å². The highest BCUT2D eigenvalue weighted by molar-refractivity contribution is 5.81. The molecule has 126 valence electrons. The van der Waals surface area contributed by atoms with E-state index in [1.807, 2.05) is 4.90 Å². The van der Waals surface area contributed by atoms with Gasteiger partial charge in [-0.1, -0.05) is 18.2 Å². The number of hydrogen-bond donors (Lipinski definition) is 1. The largest absolute Gasteiger partial charge is 0.387 e. The Labute approximate surface area is 135 Å². The molecule has 2 saturated heterocycles. The van der Waals surface area contributed by atoms with Crippen molar-refractivity contribution in [2.75, 3.05) is 39.3 Å². The quantitative estimate of drug-likeness (QED) is 0.904. The molecule has 0 aromatic heterocycles. The summed E-state index contributed by atoms with van der Waals surface area (Å²) < 4.78 is 19.1. The second-order valence-electron chi connectivity index (χ2n) is 6.16. The molecule has 2 atom stereocenters. The van der Waals surface area contributed by atoms with Crippen molar-refractivity contribution in [1.82, 2.24) is 9.80 Å². The van der Waals surface area contributed by atoms with Crippen molar-refractivity contribution in [2.45, 2.75) is 25.0 Å². The van der Waals surface area contributed by atoms with Crippen LogP contribution < -0.4 is 0 Å². The Hall–Kier alpha value is -1.50. The summed E-state index contributed by atoms with van der Waals surface area (Å²) >= 11 is 0. The molecule has 0 spiro atoms. The van der Waals surface area contributed by atoms with Gasteiger partial charge in [0.2, 0.25) is 0 Å². The zero-order valence-electron chi connectivity index (χ0n) is 13.2. The Morgan fingerprint density at radius 1 is 1.30 bits per heavy atom. The fraction of sp³-hybridized carbons (Fsp3) is 0.588. The van der Waals surface area contributed by atoms with Crippen molar-refractivity contribution in [3.05, 3.63) is 35.6 Å². The number of piperazine rings is 1. The second kappa shape index (κ2) is 7.38. The molecule has 1 amide bonds. The molecule has 1 aromatic carbocycles. The number of rotatable bonds is 4. The number of nitrogens with zero attached hydrogens (tertiary/aromatic N) is 2. The average Bonchev–Trinajstić information content (AvgIpc) is 3.09. The number of benzene rings is 1. The number of amides is 1. The lowest BCUT2D eigenvalue weighted by molar-refractivity contribution is -0.142. The summed E-state index contributed by atoms with van der Waals surface area (Å²) in [6.45, 7) is 3.67. The van der Waals surface area contributed by atoms with E-state index in [1.54, 1.807) is 18.2 Å². The van der Waals surface area contributed by atoms with Gasteiger partial charge in [-0.2, -0.15) is 0 Å². The molecule has 3 rings (SSSR count). The standard InChI is InChI=1S/C17H23FN2O3/c18-14-5-2-1-4-13(14)15(21)12-19-7-9-20(10-8-19)17(22)16-6-3-11-23-16/h1-2,4-5,15-16,21H,3,6-12H2/t15-,16-/m0/s1. The molecule has 1 N–H and O–H groups in total. The van der Waals surface area contributed by atoms with Crippen LogP contribution in [0.15, 0.2) is 24.3 Å². The third kappa shape index (κ3) is 3.88. The Kier molecular flexibility index (Phi) is 5.25. The third-order valence-electron chi connectivity index (χ3n) is 4.58. The fourth-order valence-electron chi connectivity index (χ4n) is 3.22. The Balaban J connectivity index is 1.49. The lowest BCUT2D eigenvalue weighted by Crippen LogP contribution is -2.52. The number of halogens is 1. The predicted molar refractivity (Wildman–Crippen MR) is 83.4 cm³/mol. The number of aliphatic hydroxyl groups excluding tert-OH is 1. The molecule has 0 radical (unpaired) electrons. The van der Waals surface area contributed by atoms with Crippen molar-refractivity contribution in [3.8, 4) is 0 Å². The van der Waals surface area contributed by atoms with Crippen LogP contribution in [0, 0.1) is 5.82 Å². The normalized spacial score (nSPS) is 23.9. The second-order valence-corrected chi connectivity index (χ2v) is 6.16. The van der Waals surface area contributed by atoms with Gasteiger partial charge in [-0.3, -0.25) is 9.69 Å². The van der Waals surface area contributed by atoms with E-state index >= 15 is 0 Å². The molecule has 0 bridgehead atoms. The van der Waals surface area contributed by atoms with Crippen molar-refractivity contribution in [2.24, 2.45) is 0 Å². The molecule has 0 aliphatic carbocycles. The molecule has 2 aliphatic heterocycles. The van der Waals surface area contributed by atoms with E-state index in [0.29, 0.717) is 44.9 Å². The summed E-state index contributed by atoms with van der Waals surface area (Å²) in [6.07, 6.45) is 0.637. The highest BCUT2D eigenvalue weighted by Gasteiger charge is 2.30. The Morgan fingerprint density at radius 3 is 2.70 bits per heavy atom. The number of ether oxygens (including phenoxy) is 1. The number of carbonyl (C=O) groups is 1. The van der Waals surface area contributed by atoms with E-state index in [-0.39, 0.29) is 17.8 Å². The van der Waals surface area contributed by atoms with Gasteiger partial charge in [0.1, 0.15) is 11.9 Å². The molecule has 6 heteroatoms. The van der Waals surface area contributed by atoms with E-state index < -0.39 is 6.10 Å². The molecule has 2 aliphatic rings. The molecule has 2 fully saturated rings. The predicted octanol–water partition coefficient (Wildman–Crippen LogP) is 1.18. The minimum absolute atomic E-state index is 0.0804. The summed E-state index contributed by atoms with van der Waals surface area (Å²) in [7, 11) is 0. The molecular formula is C17H23FN2O3. The van der Waals surface area contributed by atoms with Gasteiger partial charge in [0.25, 0.3) is 5.91 Å². The van der Waals surface area contributed by atoms with E-state index in [0.717, 1.165) is 12.8 Å². The molecular weight excluding hydrogens is 299 g/mol. The topological polar surface area (TPSA) is 53.0 Å². The highest BCUT2D eigenvalue weighted by Crippen LogP contribution is 2.20. The van der Waals surface area contributed by atoms with Crippen molar-refractivity contribution in [1.29, 1.82) is 0 Å². The average molecular weight is 322 g/mol. The van der Waals surface area contributed by atoms with Crippen LogP contribution in [0.3, 0.4) is 0 Å². The lowest BCUT2D eigenvalue weighted by atomic mass is 10.1. The fourth-order valence-corrected chi connectivity index (χ4v) is 3.22. The van der Waals surface area contributed by atoms with Gasteiger partial charge >= 0.3 is 0 Å². The minimum Gasteiger partial charge on any atom is -0.387 e. The SMILES string of the molecule is O=C([C@@H]1CCCO1)N1CCN(C[C@H](O)c2ccccc2F)CC1. The maximum absolute atomic E-state index is 13.7. The maximum atomic E-state index is 13.7. The Bertz CT molecular complexity index is 540. The van der Waals surface area contributed by atoms with Crippen molar-refractivity contribution in [3.63, 3.8) is 0 Å². The van der Waals surface area contributed by atoms with E-state index in [9.17, 15) is 14.3 Å². The van der Waals surface area contributed by atoms with Gasteiger partial charge in [0, 0.05) is 44.9 Å². The first-order chi connectivity index (χ1) is 11.1. The molecule has 23 heavy (non-hydrogen) atoms. The number of carbonyl (C=O) groups excluding carboxylic acids is 1. The van der Waals surface area contributed by atoms with Crippen LogP contribution in [-0.4, -0.2) is 66.2 Å². The zero-order valence-corrected chi connectivity index (χ0v) is 13.2. The lowest BCUT2D eigenvalue weighted by Gasteiger charge is -2.36. The third-order valence-corrected chi connectivity index (χ3v) is 4.58. The molecule has 0 saturated carbocycles. The first-order valence-electron chi connectivity index (χ1n) is 8.20. The molecule has 2 heterocycles. The summed E-state index contributed by atoms with van der Waals surface area (Å²) in [5, 5.41) is 10.2. The van der Waals surface area contributed by atoms with Crippen LogP contribution in [0.25, 0.3) is 0 Å². The van der Waals surface area contributed by atoms with Gasteiger partial charge in [-0.25, -0.2) is 4.39 Å². The van der Waals surface area contributed by atoms with Gasteiger partial charge in [0.05, 0.1) is 6.10 Å². The Morgan fingerprint density at radius 2 is 2.04 bits per heavy atom. The van der Waals surface area contributed by atoms with Gasteiger partial charge in [-0.15, -0.1) is 0 Å². The number of β-amino-alcohol motifs (C(OH)–C–C–N with tert-alkyl or cyclic N) is 1. The van der Waals surface area contributed by atoms with E-state index in [1.165, 1.54) is 6.07 Å². The molecule has 0 unspecified atom stereocenters. The number of aliphatic hydroxyl groups is 1. The van der Waals surface area contributed by atoms with Gasteiger partial charge in [-0.05, 0) is 18.9 Å². The van der Waals surface area contributed by atoms with Crippen molar-refractivity contribution >= 4 is 5.91 Å². The smallest absolute Gasteiger partial charge is 0.251 e.